The number of carbonyl (C=O) groups is 2. The van der Waals surface area contributed by atoms with Gasteiger partial charge in [-0.2, -0.15) is 0 Å². The zero-order valence-corrected chi connectivity index (χ0v) is 17.0. The Morgan fingerprint density at radius 3 is 2.53 bits per heavy atom. The molecular weight excluding hydrogens is 408 g/mol. The van der Waals surface area contributed by atoms with Crippen LogP contribution >= 0.6 is 11.6 Å². The third-order valence-electron chi connectivity index (χ3n) is 5.42. The van der Waals surface area contributed by atoms with Gasteiger partial charge in [-0.3, -0.25) is 9.59 Å². The van der Waals surface area contributed by atoms with Gasteiger partial charge in [-0.05, 0) is 54.7 Å². The highest BCUT2D eigenvalue weighted by atomic mass is 35.5. The van der Waals surface area contributed by atoms with E-state index in [9.17, 15) is 19.5 Å². The molecule has 8 heteroatoms. The van der Waals surface area contributed by atoms with Gasteiger partial charge in [0.15, 0.2) is 0 Å². The highest BCUT2D eigenvalue weighted by Gasteiger charge is 2.24. The van der Waals surface area contributed by atoms with Crippen LogP contribution in [-0.4, -0.2) is 32.9 Å². The van der Waals surface area contributed by atoms with Gasteiger partial charge >= 0.3 is 5.97 Å². The Bertz CT molecular complexity index is 1200. The first-order valence-electron chi connectivity index (χ1n) is 9.31. The van der Waals surface area contributed by atoms with Crippen molar-refractivity contribution in [3.8, 4) is 11.1 Å². The number of alkyl halides is 1. The number of hydrogen-bond donors (Lipinski definition) is 2. The molecule has 1 aliphatic heterocycles. The second-order valence-electron chi connectivity index (χ2n) is 7.22. The first-order chi connectivity index (χ1) is 13.9. The van der Waals surface area contributed by atoms with Crippen molar-refractivity contribution in [1.29, 1.82) is 0 Å². The number of pyridine rings is 1. The van der Waals surface area contributed by atoms with Crippen molar-refractivity contribution < 1.29 is 20.2 Å². The van der Waals surface area contributed by atoms with Crippen molar-refractivity contribution in [2.45, 2.75) is 25.8 Å². The fourth-order valence-electron chi connectivity index (χ4n) is 3.97. The van der Waals surface area contributed by atoms with Gasteiger partial charge in [0.1, 0.15) is 11.4 Å². The van der Waals surface area contributed by atoms with E-state index in [0.717, 1.165) is 35.0 Å². The molecule has 7 nitrogen and oxygen atoms in total. The summed E-state index contributed by atoms with van der Waals surface area (Å²) < 4.78 is 1.91. The Hall–Kier alpha value is -3.16. The van der Waals surface area contributed by atoms with Crippen molar-refractivity contribution in [2.75, 3.05) is 11.2 Å². The first kappa shape index (κ1) is 21.5. The molecule has 4 rings (SSSR count). The number of nitrogens with zero attached hydrogens (tertiary/aromatic N) is 1. The van der Waals surface area contributed by atoms with Gasteiger partial charge in [0.05, 0.1) is 5.52 Å². The number of amides is 1. The molecule has 3 aromatic rings. The average Bonchev–Trinajstić information content (AvgIpc) is 2.72. The van der Waals surface area contributed by atoms with Crippen molar-refractivity contribution in [2.24, 2.45) is 0 Å². The third kappa shape index (κ3) is 3.58. The number of carboxylic acids is 1. The summed E-state index contributed by atoms with van der Waals surface area (Å²) in [5.74, 6) is -1.59. The van der Waals surface area contributed by atoms with Crippen molar-refractivity contribution in [1.82, 2.24) is 4.57 Å². The highest BCUT2D eigenvalue weighted by Crippen LogP contribution is 2.36. The molecule has 0 saturated carbocycles. The molecule has 156 valence electrons. The van der Waals surface area contributed by atoms with Crippen LogP contribution in [0.4, 0.5) is 5.69 Å². The predicted octanol–water partition coefficient (Wildman–Crippen LogP) is 3.23. The Kier molecular flexibility index (Phi) is 5.96. The molecular formula is C22H21ClN2O5. The van der Waals surface area contributed by atoms with Crippen LogP contribution in [0.5, 0.6) is 0 Å². The SMILES string of the molecule is CC1CCc2c(-c3ccc(NC(=O)CCl)cc3)ccc3c(=O)c(C(=O)O)cn1c23.O. The number of carboxylic acid groups (broad SMARTS) is 1. The summed E-state index contributed by atoms with van der Waals surface area (Å²) in [6.07, 6.45) is 3.12. The molecule has 0 bridgehead atoms. The number of hydrogen-bond acceptors (Lipinski definition) is 3. The van der Waals surface area contributed by atoms with E-state index in [1.54, 1.807) is 6.07 Å². The lowest BCUT2D eigenvalue weighted by Crippen LogP contribution is -2.24. The van der Waals surface area contributed by atoms with Gasteiger partial charge in [0, 0.05) is 23.3 Å². The van der Waals surface area contributed by atoms with Crippen LogP contribution in [0.3, 0.4) is 0 Å². The minimum atomic E-state index is -1.21. The number of nitrogens with one attached hydrogen (secondary N) is 1. The van der Waals surface area contributed by atoms with Gasteiger partial charge in [-0.15, -0.1) is 11.6 Å². The van der Waals surface area contributed by atoms with E-state index in [-0.39, 0.29) is 28.9 Å². The topological polar surface area (TPSA) is 120 Å². The smallest absolute Gasteiger partial charge is 0.341 e. The number of carbonyl (C=O) groups excluding carboxylic acids is 1. The number of aryl methyl sites for hydroxylation is 1. The molecule has 0 saturated heterocycles. The summed E-state index contributed by atoms with van der Waals surface area (Å²) in [6.45, 7) is 2.03. The average molecular weight is 429 g/mol. The highest BCUT2D eigenvalue weighted by molar-refractivity contribution is 6.29. The molecule has 2 aromatic carbocycles. The zero-order chi connectivity index (χ0) is 20.7. The number of anilines is 1. The maximum absolute atomic E-state index is 12.7. The van der Waals surface area contributed by atoms with E-state index in [2.05, 4.69) is 5.32 Å². The van der Waals surface area contributed by atoms with Crippen molar-refractivity contribution in [3.05, 3.63) is 63.9 Å². The lowest BCUT2D eigenvalue weighted by atomic mass is 9.89. The summed E-state index contributed by atoms with van der Waals surface area (Å²) in [7, 11) is 0. The standard InChI is InChI=1S/C22H19ClN2O4.H2O/c1-12-2-7-16-15(13-3-5-14(6-4-13)24-19(26)10-23)8-9-17-20(16)25(12)11-18(21(17)27)22(28)29;/h3-6,8-9,11-12H,2,7,10H2,1H3,(H,24,26)(H,28,29);1H2. The van der Waals surface area contributed by atoms with Gasteiger partial charge in [0.2, 0.25) is 11.3 Å². The number of benzene rings is 2. The van der Waals surface area contributed by atoms with E-state index >= 15 is 0 Å². The number of aromatic nitrogens is 1. The van der Waals surface area contributed by atoms with Gasteiger partial charge in [-0.25, -0.2) is 4.79 Å². The first-order valence-corrected chi connectivity index (χ1v) is 9.84. The summed E-state index contributed by atoms with van der Waals surface area (Å²) in [5.41, 5.74) is 3.79. The van der Waals surface area contributed by atoms with Gasteiger partial charge in [0.25, 0.3) is 0 Å². The van der Waals surface area contributed by atoms with E-state index in [1.165, 1.54) is 6.20 Å². The molecule has 1 atom stereocenters. The maximum Gasteiger partial charge on any atom is 0.341 e. The summed E-state index contributed by atoms with van der Waals surface area (Å²) >= 11 is 5.52. The minimum Gasteiger partial charge on any atom is -0.477 e. The molecule has 2 heterocycles. The van der Waals surface area contributed by atoms with Crippen molar-refractivity contribution in [3.63, 3.8) is 0 Å². The van der Waals surface area contributed by atoms with Crippen molar-refractivity contribution >= 4 is 40.1 Å². The lowest BCUT2D eigenvalue weighted by Gasteiger charge is -2.28. The number of rotatable bonds is 4. The van der Waals surface area contributed by atoms with E-state index in [1.807, 2.05) is 41.8 Å². The van der Waals surface area contributed by atoms with Crippen LogP contribution in [0, 0.1) is 0 Å². The summed E-state index contributed by atoms with van der Waals surface area (Å²) in [4.78, 5) is 35.7. The largest absolute Gasteiger partial charge is 0.477 e. The Labute approximate surface area is 177 Å². The van der Waals surface area contributed by atoms with E-state index in [4.69, 9.17) is 11.6 Å². The maximum atomic E-state index is 12.7. The number of halogens is 1. The molecule has 0 fully saturated rings. The fourth-order valence-corrected chi connectivity index (χ4v) is 4.03. The molecule has 0 spiro atoms. The van der Waals surface area contributed by atoms with E-state index < -0.39 is 11.4 Å². The number of aromatic carboxylic acids is 1. The van der Waals surface area contributed by atoms with Crippen LogP contribution in [0.15, 0.2) is 47.4 Å². The summed E-state index contributed by atoms with van der Waals surface area (Å²) in [6, 6.07) is 11.1. The van der Waals surface area contributed by atoms with Gasteiger partial charge in [-0.1, -0.05) is 18.2 Å². The van der Waals surface area contributed by atoms with Crippen LogP contribution in [0.25, 0.3) is 22.0 Å². The molecule has 1 unspecified atom stereocenters. The third-order valence-corrected chi connectivity index (χ3v) is 5.66. The predicted molar refractivity (Wildman–Crippen MR) is 117 cm³/mol. The molecule has 1 amide bonds. The Balaban J connectivity index is 0.00000256. The van der Waals surface area contributed by atoms with Crippen LogP contribution in [0.1, 0.15) is 35.3 Å². The molecule has 30 heavy (non-hydrogen) atoms. The lowest BCUT2D eigenvalue weighted by molar-refractivity contribution is -0.113. The summed E-state index contributed by atoms with van der Waals surface area (Å²) in [5, 5.41) is 12.5. The van der Waals surface area contributed by atoms with E-state index in [0.29, 0.717) is 11.1 Å². The van der Waals surface area contributed by atoms with Crippen LogP contribution < -0.4 is 10.7 Å². The Morgan fingerprint density at radius 1 is 1.20 bits per heavy atom. The molecule has 1 aliphatic rings. The van der Waals surface area contributed by atoms with Gasteiger partial charge < -0.3 is 20.5 Å². The fraction of sp³-hybridized carbons (Fsp3) is 0.227. The molecule has 1 aromatic heterocycles. The second-order valence-corrected chi connectivity index (χ2v) is 7.49. The Morgan fingerprint density at radius 2 is 1.90 bits per heavy atom. The minimum absolute atomic E-state index is 0. The monoisotopic (exact) mass is 428 g/mol. The quantitative estimate of drug-likeness (QED) is 0.619. The van der Waals surface area contributed by atoms with Crippen LogP contribution in [0.2, 0.25) is 0 Å². The zero-order valence-electron chi connectivity index (χ0n) is 16.2. The normalized spacial score (nSPS) is 14.8. The second kappa shape index (κ2) is 8.30. The van der Waals surface area contributed by atoms with Crippen LogP contribution in [-0.2, 0) is 11.2 Å². The molecule has 4 N–H and O–H groups in total. The molecule has 0 aliphatic carbocycles. The molecule has 0 radical (unpaired) electrons.